The maximum absolute atomic E-state index is 12.0. The van der Waals surface area contributed by atoms with Crippen molar-refractivity contribution in [1.29, 1.82) is 0 Å². The van der Waals surface area contributed by atoms with Crippen molar-refractivity contribution in [2.45, 2.75) is 0 Å². The smallest absolute Gasteiger partial charge is 0.341 e. The van der Waals surface area contributed by atoms with Gasteiger partial charge in [0.2, 0.25) is 0 Å². The van der Waals surface area contributed by atoms with Crippen molar-refractivity contribution in [3.63, 3.8) is 0 Å². The number of carbonyl (C=O) groups excluding carboxylic acids is 1. The normalized spacial score (nSPS) is 10.5. The van der Waals surface area contributed by atoms with Crippen LogP contribution in [0.3, 0.4) is 0 Å². The molecule has 8 heteroatoms. The molecule has 2 aromatic rings. The SMILES string of the molecule is COc1cc(/C=N/NC(=O)c2ccccc2Br)ccc1OCC(=O)O. The number of ether oxygens (including phenoxy) is 2. The lowest BCUT2D eigenvalue weighted by atomic mass is 10.2. The molecule has 0 aromatic heterocycles. The van der Waals surface area contributed by atoms with Crippen molar-refractivity contribution in [3.8, 4) is 11.5 Å². The molecule has 0 unspecified atom stereocenters. The van der Waals surface area contributed by atoms with Crippen LogP contribution in [0.25, 0.3) is 0 Å². The van der Waals surface area contributed by atoms with E-state index in [0.29, 0.717) is 27.1 Å². The van der Waals surface area contributed by atoms with E-state index in [0.717, 1.165) is 0 Å². The molecule has 25 heavy (non-hydrogen) atoms. The fourth-order valence-electron chi connectivity index (χ4n) is 1.89. The maximum Gasteiger partial charge on any atom is 0.341 e. The van der Waals surface area contributed by atoms with E-state index in [1.807, 2.05) is 6.07 Å². The third-order valence-electron chi connectivity index (χ3n) is 3.04. The van der Waals surface area contributed by atoms with Gasteiger partial charge in [0.15, 0.2) is 18.1 Å². The van der Waals surface area contributed by atoms with Gasteiger partial charge in [-0.2, -0.15) is 5.10 Å². The summed E-state index contributed by atoms with van der Waals surface area (Å²) in [5.74, 6) is -0.763. The van der Waals surface area contributed by atoms with Crippen LogP contribution in [0, 0.1) is 0 Å². The first-order valence-electron chi connectivity index (χ1n) is 7.12. The van der Waals surface area contributed by atoms with Gasteiger partial charge in [-0.05, 0) is 51.8 Å². The summed E-state index contributed by atoms with van der Waals surface area (Å²) in [6.45, 7) is -0.466. The number of aliphatic carboxylic acids is 1. The molecule has 0 saturated heterocycles. The average Bonchev–Trinajstić information content (AvgIpc) is 2.60. The highest BCUT2D eigenvalue weighted by atomic mass is 79.9. The monoisotopic (exact) mass is 406 g/mol. The summed E-state index contributed by atoms with van der Waals surface area (Å²) in [5, 5.41) is 12.5. The summed E-state index contributed by atoms with van der Waals surface area (Å²) < 4.78 is 10.9. The van der Waals surface area contributed by atoms with Crippen molar-refractivity contribution >= 4 is 34.0 Å². The lowest BCUT2D eigenvalue weighted by Crippen LogP contribution is -2.18. The van der Waals surface area contributed by atoms with Gasteiger partial charge in [-0.15, -0.1) is 0 Å². The Morgan fingerprint density at radius 2 is 2.00 bits per heavy atom. The molecule has 0 aliphatic carbocycles. The van der Waals surface area contributed by atoms with Crippen LogP contribution in [0.1, 0.15) is 15.9 Å². The predicted octanol–water partition coefficient (Wildman–Crippen LogP) is 2.69. The Morgan fingerprint density at radius 3 is 2.68 bits per heavy atom. The minimum Gasteiger partial charge on any atom is -0.493 e. The van der Waals surface area contributed by atoms with E-state index in [2.05, 4.69) is 26.5 Å². The number of rotatable bonds is 7. The average molecular weight is 407 g/mol. The minimum absolute atomic E-state index is 0.305. The Morgan fingerprint density at radius 1 is 1.24 bits per heavy atom. The Balaban J connectivity index is 2.04. The van der Waals surface area contributed by atoms with Crippen LogP contribution >= 0.6 is 15.9 Å². The van der Waals surface area contributed by atoms with Gasteiger partial charge in [0, 0.05) is 4.47 Å². The zero-order chi connectivity index (χ0) is 18.2. The number of halogens is 1. The molecule has 7 nitrogen and oxygen atoms in total. The third-order valence-corrected chi connectivity index (χ3v) is 3.73. The highest BCUT2D eigenvalue weighted by Crippen LogP contribution is 2.27. The molecule has 0 aliphatic rings. The quantitative estimate of drug-likeness (QED) is 0.544. The molecule has 0 saturated carbocycles. The number of hydrogen-bond donors (Lipinski definition) is 2. The first kappa shape index (κ1) is 18.5. The molecule has 0 fully saturated rings. The van der Waals surface area contributed by atoms with Crippen molar-refractivity contribution < 1.29 is 24.2 Å². The fourth-order valence-corrected chi connectivity index (χ4v) is 2.36. The number of benzene rings is 2. The highest BCUT2D eigenvalue weighted by Gasteiger charge is 2.09. The zero-order valence-corrected chi connectivity index (χ0v) is 14.8. The van der Waals surface area contributed by atoms with Gasteiger partial charge < -0.3 is 14.6 Å². The molecular formula is C17H15BrN2O5. The van der Waals surface area contributed by atoms with Crippen LogP contribution in [-0.2, 0) is 4.79 Å². The molecule has 0 atom stereocenters. The molecule has 1 amide bonds. The Bertz CT molecular complexity index is 807. The van der Waals surface area contributed by atoms with Gasteiger partial charge in [-0.1, -0.05) is 12.1 Å². The number of methoxy groups -OCH3 is 1. The number of hydrazone groups is 1. The van der Waals surface area contributed by atoms with Crippen LogP contribution < -0.4 is 14.9 Å². The predicted molar refractivity (Wildman–Crippen MR) is 95.3 cm³/mol. The summed E-state index contributed by atoms with van der Waals surface area (Å²) in [6.07, 6.45) is 1.44. The summed E-state index contributed by atoms with van der Waals surface area (Å²) in [6, 6.07) is 11.8. The number of carboxylic acids is 1. The van der Waals surface area contributed by atoms with Gasteiger partial charge in [0.1, 0.15) is 0 Å². The van der Waals surface area contributed by atoms with Gasteiger partial charge >= 0.3 is 5.97 Å². The Kier molecular flexibility index (Phi) is 6.53. The lowest BCUT2D eigenvalue weighted by Gasteiger charge is -2.09. The van der Waals surface area contributed by atoms with Crippen LogP contribution in [-0.4, -0.2) is 36.9 Å². The molecule has 0 bridgehead atoms. The summed E-state index contributed by atoms with van der Waals surface area (Å²) in [4.78, 5) is 22.6. The standard InChI is InChI=1S/C17H15BrN2O5/c1-24-15-8-11(6-7-14(15)25-10-16(21)22)9-19-20-17(23)12-4-2-3-5-13(12)18/h2-9H,10H2,1H3,(H,20,23)(H,21,22)/b19-9+. The number of nitrogens with zero attached hydrogens (tertiary/aromatic N) is 1. The van der Waals surface area contributed by atoms with Crippen LogP contribution in [0.2, 0.25) is 0 Å². The Labute approximate surface area is 152 Å². The second-order valence-corrected chi connectivity index (χ2v) is 5.63. The molecule has 2 aromatic carbocycles. The van der Waals surface area contributed by atoms with E-state index < -0.39 is 12.6 Å². The van der Waals surface area contributed by atoms with Crippen LogP contribution in [0.15, 0.2) is 52.0 Å². The second kappa shape index (κ2) is 8.84. The minimum atomic E-state index is -1.08. The van der Waals surface area contributed by atoms with Gasteiger partial charge in [0.05, 0.1) is 18.9 Å². The molecule has 2 rings (SSSR count). The number of carboxylic acid groups (broad SMARTS) is 1. The van der Waals surface area contributed by atoms with Crippen LogP contribution in [0.4, 0.5) is 0 Å². The number of amides is 1. The molecule has 0 heterocycles. The third kappa shape index (κ3) is 5.32. The summed E-state index contributed by atoms with van der Waals surface area (Å²) in [7, 11) is 1.44. The van der Waals surface area contributed by atoms with Crippen molar-refractivity contribution in [2.75, 3.05) is 13.7 Å². The number of hydrogen-bond acceptors (Lipinski definition) is 5. The topological polar surface area (TPSA) is 97.2 Å². The molecule has 0 radical (unpaired) electrons. The number of nitrogens with one attached hydrogen (secondary N) is 1. The van der Waals surface area contributed by atoms with E-state index in [-0.39, 0.29) is 5.91 Å². The first-order valence-corrected chi connectivity index (χ1v) is 7.91. The highest BCUT2D eigenvalue weighted by molar-refractivity contribution is 9.10. The van der Waals surface area contributed by atoms with Crippen molar-refractivity contribution in [3.05, 3.63) is 58.1 Å². The van der Waals surface area contributed by atoms with Gasteiger partial charge in [-0.3, -0.25) is 4.79 Å². The second-order valence-electron chi connectivity index (χ2n) is 4.77. The zero-order valence-electron chi connectivity index (χ0n) is 13.2. The van der Waals surface area contributed by atoms with E-state index >= 15 is 0 Å². The lowest BCUT2D eigenvalue weighted by molar-refractivity contribution is -0.139. The molecule has 0 spiro atoms. The van der Waals surface area contributed by atoms with Crippen molar-refractivity contribution in [2.24, 2.45) is 5.10 Å². The van der Waals surface area contributed by atoms with Gasteiger partial charge in [-0.25, -0.2) is 10.2 Å². The summed E-state index contributed by atoms with van der Waals surface area (Å²) in [5.41, 5.74) is 3.54. The molecular weight excluding hydrogens is 392 g/mol. The fraction of sp³-hybridized carbons (Fsp3) is 0.118. The van der Waals surface area contributed by atoms with E-state index in [4.69, 9.17) is 14.6 Å². The van der Waals surface area contributed by atoms with E-state index in [1.54, 1.807) is 36.4 Å². The summed E-state index contributed by atoms with van der Waals surface area (Å²) >= 11 is 3.30. The maximum atomic E-state index is 12.0. The molecule has 130 valence electrons. The van der Waals surface area contributed by atoms with Crippen LogP contribution in [0.5, 0.6) is 11.5 Å². The van der Waals surface area contributed by atoms with Gasteiger partial charge in [0.25, 0.3) is 5.91 Å². The van der Waals surface area contributed by atoms with E-state index in [1.165, 1.54) is 13.3 Å². The van der Waals surface area contributed by atoms with Crippen molar-refractivity contribution in [1.82, 2.24) is 5.43 Å². The van der Waals surface area contributed by atoms with E-state index in [9.17, 15) is 9.59 Å². The Hall–Kier alpha value is -2.87. The largest absolute Gasteiger partial charge is 0.493 e. The first-order chi connectivity index (χ1) is 12.0. The molecule has 0 aliphatic heterocycles. The number of carbonyl (C=O) groups is 2. The molecule has 2 N–H and O–H groups in total.